The van der Waals surface area contributed by atoms with Crippen molar-refractivity contribution in [3.63, 3.8) is 0 Å². The van der Waals surface area contributed by atoms with Crippen molar-refractivity contribution in [1.29, 1.82) is 0 Å². The summed E-state index contributed by atoms with van der Waals surface area (Å²) >= 11 is 0. The Kier molecular flexibility index (Phi) is 5.18. The van der Waals surface area contributed by atoms with E-state index in [1.165, 1.54) is 6.92 Å². The maximum absolute atomic E-state index is 12.6. The summed E-state index contributed by atoms with van der Waals surface area (Å²) in [7, 11) is 0. The molecule has 0 aliphatic carbocycles. The molecule has 9 heteroatoms. The van der Waals surface area contributed by atoms with Crippen LogP contribution in [0, 0.1) is 0 Å². The van der Waals surface area contributed by atoms with E-state index in [4.69, 9.17) is 4.74 Å². The molecule has 0 aliphatic rings. The van der Waals surface area contributed by atoms with Gasteiger partial charge in [-0.1, -0.05) is 53.6 Å². The van der Waals surface area contributed by atoms with Crippen LogP contribution in [0.1, 0.15) is 18.6 Å². The Morgan fingerprint density at radius 3 is 2.35 bits per heavy atom. The van der Waals surface area contributed by atoms with E-state index < -0.39 is 18.0 Å². The van der Waals surface area contributed by atoms with Gasteiger partial charge in [0, 0.05) is 18.2 Å². The van der Waals surface area contributed by atoms with E-state index in [-0.39, 0.29) is 5.95 Å². The van der Waals surface area contributed by atoms with E-state index in [2.05, 4.69) is 26.3 Å². The minimum Gasteiger partial charge on any atom is -0.447 e. The van der Waals surface area contributed by atoms with Gasteiger partial charge in [-0.05, 0) is 22.6 Å². The molecule has 3 rings (SSSR count). The van der Waals surface area contributed by atoms with Gasteiger partial charge in [0.1, 0.15) is 0 Å². The molecule has 1 heterocycles. The smallest absolute Gasteiger partial charge is 0.303 e. The van der Waals surface area contributed by atoms with Gasteiger partial charge in [-0.15, -0.1) is 4.79 Å². The van der Waals surface area contributed by atoms with Crippen molar-refractivity contribution in [1.82, 2.24) is 20.3 Å². The van der Waals surface area contributed by atoms with Gasteiger partial charge in [0.25, 0.3) is 11.9 Å². The number of esters is 1. The van der Waals surface area contributed by atoms with Gasteiger partial charge in [-0.3, -0.25) is 9.59 Å². The van der Waals surface area contributed by atoms with Gasteiger partial charge in [0.05, 0.1) is 0 Å². The lowest BCUT2D eigenvalue weighted by molar-refractivity contribution is -0.152. The fraction of sp³-hybridized carbons (Fsp3) is 0.118. The third kappa shape index (κ3) is 4.20. The van der Waals surface area contributed by atoms with E-state index in [9.17, 15) is 9.59 Å². The van der Waals surface area contributed by atoms with Crippen LogP contribution < -0.4 is 10.7 Å². The number of rotatable bonds is 6. The van der Waals surface area contributed by atoms with Crippen LogP contribution in [-0.2, 0) is 14.3 Å². The normalized spacial score (nSPS) is 11.4. The summed E-state index contributed by atoms with van der Waals surface area (Å²) < 4.78 is 5.15. The maximum atomic E-state index is 12.6. The average Bonchev–Trinajstić information content (AvgIpc) is 3.07. The molecule has 1 aromatic heterocycles. The summed E-state index contributed by atoms with van der Waals surface area (Å²) in [5, 5.41) is 14.1. The van der Waals surface area contributed by atoms with Gasteiger partial charge in [-0.2, -0.15) is 0 Å². The first-order valence-corrected chi connectivity index (χ1v) is 7.77. The number of carbonyl (C=O) groups excluding carboxylic acids is 2. The molecule has 2 N–H and O–H groups in total. The molecule has 132 valence electrons. The zero-order valence-corrected chi connectivity index (χ0v) is 13.9. The molecule has 0 bridgehead atoms. The lowest BCUT2D eigenvalue weighted by Crippen LogP contribution is -2.32. The van der Waals surface area contributed by atoms with E-state index in [1.807, 2.05) is 30.3 Å². The molecule has 0 radical (unpaired) electrons. The Balaban J connectivity index is 1.78. The van der Waals surface area contributed by atoms with Crippen LogP contribution in [0.5, 0.6) is 0 Å². The quantitative estimate of drug-likeness (QED) is 0.651. The van der Waals surface area contributed by atoms with Crippen LogP contribution in [0.15, 0.2) is 60.7 Å². The lowest BCUT2D eigenvalue weighted by atomic mass is 10.1. The van der Waals surface area contributed by atoms with E-state index >= 15 is 0 Å². The number of benzene rings is 2. The zero-order valence-electron chi connectivity index (χ0n) is 13.9. The predicted molar refractivity (Wildman–Crippen MR) is 92.9 cm³/mol. The van der Waals surface area contributed by atoms with Crippen molar-refractivity contribution in [2.24, 2.45) is 0 Å². The minimum absolute atomic E-state index is 0.208. The predicted octanol–water partition coefficient (Wildman–Crippen LogP) is 1.79. The number of ether oxygens (including phenoxy) is 1. The third-order valence-corrected chi connectivity index (χ3v) is 3.34. The monoisotopic (exact) mass is 352 g/mol. The number of nitrogens with zero attached hydrogens (tertiary/aromatic N) is 4. The van der Waals surface area contributed by atoms with Crippen LogP contribution >= 0.6 is 0 Å². The molecule has 0 spiro atoms. The number of amides is 1. The Morgan fingerprint density at radius 2 is 1.69 bits per heavy atom. The first kappa shape index (κ1) is 17.1. The van der Waals surface area contributed by atoms with Crippen molar-refractivity contribution < 1.29 is 14.3 Å². The van der Waals surface area contributed by atoms with Gasteiger partial charge in [0.2, 0.25) is 6.10 Å². The zero-order chi connectivity index (χ0) is 18.4. The summed E-state index contributed by atoms with van der Waals surface area (Å²) in [6.07, 6.45) is -1.12. The number of para-hydroxylation sites is 1. The summed E-state index contributed by atoms with van der Waals surface area (Å²) in [5.41, 5.74) is 3.80. The largest absolute Gasteiger partial charge is 0.447 e. The minimum atomic E-state index is -1.12. The molecule has 0 fully saturated rings. The second kappa shape index (κ2) is 7.88. The molecule has 1 amide bonds. The number of anilines is 2. The Hall–Kier alpha value is -3.75. The Morgan fingerprint density at radius 1 is 1.04 bits per heavy atom. The molecule has 0 saturated heterocycles. The van der Waals surface area contributed by atoms with Crippen LogP contribution in [0.2, 0.25) is 0 Å². The molecule has 2 aromatic carbocycles. The summed E-state index contributed by atoms with van der Waals surface area (Å²) in [6, 6.07) is 17.9. The van der Waals surface area contributed by atoms with E-state index in [0.717, 1.165) is 10.5 Å². The number of hydrogen-bond donors (Lipinski definition) is 2. The highest BCUT2D eigenvalue weighted by atomic mass is 16.5. The maximum Gasteiger partial charge on any atom is 0.303 e. The first-order valence-electron chi connectivity index (χ1n) is 7.77. The SMILES string of the molecule is CC(=O)OC(C(=O)Nn1nnnc1Nc1ccccc1)c1ccccc1. The van der Waals surface area contributed by atoms with Crippen molar-refractivity contribution in [3.05, 3.63) is 66.2 Å². The molecular formula is C17H16N6O3. The van der Waals surface area contributed by atoms with Gasteiger partial charge in [-0.25, -0.2) is 5.43 Å². The molecule has 1 atom stereocenters. The highest BCUT2D eigenvalue weighted by Crippen LogP contribution is 2.19. The van der Waals surface area contributed by atoms with Crippen LogP contribution in [0.25, 0.3) is 0 Å². The highest BCUT2D eigenvalue weighted by molar-refractivity contribution is 5.90. The second-order valence-corrected chi connectivity index (χ2v) is 5.28. The number of carbonyl (C=O) groups is 2. The van der Waals surface area contributed by atoms with Crippen molar-refractivity contribution in [3.8, 4) is 0 Å². The Labute approximate surface area is 148 Å². The van der Waals surface area contributed by atoms with Gasteiger partial charge >= 0.3 is 5.97 Å². The summed E-state index contributed by atoms with van der Waals surface area (Å²) in [6.45, 7) is 1.24. The van der Waals surface area contributed by atoms with Crippen LogP contribution in [0.3, 0.4) is 0 Å². The van der Waals surface area contributed by atoms with Crippen molar-refractivity contribution >= 4 is 23.5 Å². The fourth-order valence-electron chi connectivity index (χ4n) is 2.22. The van der Waals surface area contributed by atoms with Crippen LogP contribution in [-0.4, -0.2) is 32.2 Å². The lowest BCUT2D eigenvalue weighted by Gasteiger charge is -2.17. The van der Waals surface area contributed by atoms with Crippen molar-refractivity contribution in [2.45, 2.75) is 13.0 Å². The number of nitrogens with one attached hydrogen (secondary N) is 2. The summed E-state index contributed by atoms with van der Waals surface area (Å²) in [5.74, 6) is -0.956. The topological polar surface area (TPSA) is 111 Å². The number of tetrazole rings is 1. The molecular weight excluding hydrogens is 336 g/mol. The molecule has 1 unspecified atom stereocenters. The molecule has 26 heavy (non-hydrogen) atoms. The second-order valence-electron chi connectivity index (χ2n) is 5.28. The molecule has 0 aliphatic heterocycles. The number of hydrogen-bond acceptors (Lipinski definition) is 7. The average molecular weight is 352 g/mol. The third-order valence-electron chi connectivity index (χ3n) is 3.34. The van der Waals surface area contributed by atoms with E-state index in [0.29, 0.717) is 5.56 Å². The van der Waals surface area contributed by atoms with Gasteiger partial charge in [0.15, 0.2) is 0 Å². The van der Waals surface area contributed by atoms with Crippen LogP contribution in [0.4, 0.5) is 11.6 Å². The Bertz CT molecular complexity index is 882. The standard InChI is InChI=1S/C17H16N6O3/c1-12(24)26-15(13-8-4-2-5-9-13)16(25)20-23-17(19-21-22-23)18-14-10-6-3-7-11-14/h2-11,15H,1H3,(H,20,25)(H,18,19,22). The summed E-state index contributed by atoms with van der Waals surface area (Å²) in [4.78, 5) is 25.1. The highest BCUT2D eigenvalue weighted by Gasteiger charge is 2.25. The molecule has 9 nitrogen and oxygen atoms in total. The van der Waals surface area contributed by atoms with Crippen molar-refractivity contribution in [2.75, 3.05) is 10.7 Å². The first-order chi connectivity index (χ1) is 12.6. The number of aromatic nitrogens is 4. The van der Waals surface area contributed by atoms with Gasteiger partial charge < -0.3 is 10.1 Å². The molecule has 0 saturated carbocycles. The molecule has 3 aromatic rings. The van der Waals surface area contributed by atoms with E-state index in [1.54, 1.807) is 30.3 Å². The fourth-order valence-corrected chi connectivity index (χ4v) is 2.22.